The largest absolute Gasteiger partial charge is 0.494 e. The molecule has 118 valence electrons. The van der Waals surface area contributed by atoms with Gasteiger partial charge in [0.1, 0.15) is 17.3 Å². The average Bonchev–Trinajstić information content (AvgIpc) is 3.03. The first-order valence-electron chi connectivity index (χ1n) is 7.03. The second kappa shape index (κ2) is 6.78. The van der Waals surface area contributed by atoms with Crippen LogP contribution in [0.3, 0.4) is 0 Å². The summed E-state index contributed by atoms with van der Waals surface area (Å²) in [4.78, 5) is 0. The third kappa shape index (κ3) is 3.34. The van der Waals surface area contributed by atoms with Crippen LogP contribution in [-0.4, -0.2) is 27.3 Å². The lowest BCUT2D eigenvalue weighted by Gasteiger charge is -2.12. The molecule has 0 aliphatic carbocycles. The van der Waals surface area contributed by atoms with Gasteiger partial charge >= 0.3 is 0 Å². The zero-order valence-corrected chi connectivity index (χ0v) is 13.5. The first-order chi connectivity index (χ1) is 11.2. The van der Waals surface area contributed by atoms with Crippen molar-refractivity contribution in [2.75, 3.05) is 7.11 Å². The van der Waals surface area contributed by atoms with Gasteiger partial charge in [-0.3, -0.25) is 0 Å². The predicted octanol–water partition coefficient (Wildman–Crippen LogP) is 3.66. The molecule has 0 aliphatic rings. The van der Waals surface area contributed by atoms with Gasteiger partial charge in [-0.1, -0.05) is 36.0 Å². The molecule has 0 bridgehead atoms. The van der Waals surface area contributed by atoms with Gasteiger partial charge in [0.15, 0.2) is 0 Å². The Morgan fingerprint density at radius 3 is 2.61 bits per heavy atom. The highest BCUT2D eigenvalue weighted by Gasteiger charge is 2.16. The molecule has 0 unspecified atom stereocenters. The fourth-order valence-corrected chi connectivity index (χ4v) is 3.10. The van der Waals surface area contributed by atoms with Crippen LogP contribution in [0.5, 0.6) is 5.75 Å². The number of aromatic nitrogens is 4. The molecule has 0 aliphatic heterocycles. The van der Waals surface area contributed by atoms with Crippen LogP contribution in [0.4, 0.5) is 4.39 Å². The first kappa shape index (κ1) is 15.5. The van der Waals surface area contributed by atoms with Crippen molar-refractivity contribution in [1.29, 1.82) is 0 Å². The molecule has 1 heterocycles. The van der Waals surface area contributed by atoms with E-state index in [-0.39, 0.29) is 11.1 Å². The van der Waals surface area contributed by atoms with Crippen LogP contribution in [0.25, 0.3) is 5.69 Å². The number of hydrogen-bond donors (Lipinski definition) is 0. The van der Waals surface area contributed by atoms with Crippen molar-refractivity contribution >= 4 is 11.8 Å². The van der Waals surface area contributed by atoms with E-state index in [1.807, 2.05) is 31.2 Å². The SMILES string of the molecule is COc1ccccc1-n1nnnc1S[C@@H](C)c1ccc(F)cc1. The summed E-state index contributed by atoms with van der Waals surface area (Å²) in [6.45, 7) is 2.03. The number of hydrogen-bond acceptors (Lipinski definition) is 5. The van der Waals surface area contributed by atoms with E-state index < -0.39 is 0 Å². The molecule has 1 aromatic heterocycles. The molecular weight excluding hydrogens is 315 g/mol. The zero-order chi connectivity index (χ0) is 16.2. The fraction of sp³-hybridized carbons (Fsp3) is 0.188. The van der Waals surface area contributed by atoms with Crippen LogP contribution >= 0.6 is 11.8 Å². The van der Waals surface area contributed by atoms with Gasteiger partial charge in [-0.05, 0) is 47.2 Å². The molecule has 23 heavy (non-hydrogen) atoms. The maximum absolute atomic E-state index is 13.0. The molecule has 0 amide bonds. The molecule has 0 fully saturated rings. The van der Waals surface area contributed by atoms with Crippen molar-refractivity contribution in [1.82, 2.24) is 20.2 Å². The van der Waals surface area contributed by atoms with Crippen molar-refractivity contribution in [3.63, 3.8) is 0 Å². The second-order valence-electron chi connectivity index (χ2n) is 4.86. The summed E-state index contributed by atoms with van der Waals surface area (Å²) in [6, 6.07) is 14.0. The van der Waals surface area contributed by atoms with Crippen molar-refractivity contribution in [2.45, 2.75) is 17.3 Å². The lowest BCUT2D eigenvalue weighted by molar-refractivity contribution is 0.410. The number of ether oxygens (including phenoxy) is 1. The molecule has 0 N–H and O–H groups in total. The van der Waals surface area contributed by atoms with E-state index in [9.17, 15) is 4.39 Å². The Morgan fingerprint density at radius 1 is 1.13 bits per heavy atom. The fourth-order valence-electron chi connectivity index (χ4n) is 2.17. The third-order valence-electron chi connectivity index (χ3n) is 3.38. The Kier molecular flexibility index (Phi) is 4.57. The van der Waals surface area contributed by atoms with Gasteiger partial charge in [0, 0.05) is 5.25 Å². The van der Waals surface area contributed by atoms with Crippen LogP contribution in [0.1, 0.15) is 17.7 Å². The lowest BCUT2D eigenvalue weighted by Crippen LogP contribution is -2.02. The molecule has 0 radical (unpaired) electrons. The van der Waals surface area contributed by atoms with Crippen molar-refractivity contribution < 1.29 is 9.13 Å². The van der Waals surface area contributed by atoms with Gasteiger partial charge in [0.2, 0.25) is 5.16 Å². The Labute approximate surface area is 137 Å². The molecule has 5 nitrogen and oxygen atoms in total. The summed E-state index contributed by atoms with van der Waals surface area (Å²) in [5.74, 6) is 0.445. The van der Waals surface area contributed by atoms with Gasteiger partial charge in [-0.15, -0.1) is 5.10 Å². The number of halogens is 1. The standard InChI is InChI=1S/C16H15FN4OS/c1-11(12-7-9-13(17)10-8-12)23-16-18-19-20-21(16)14-5-3-4-6-15(14)22-2/h3-11H,1-2H3/t11-/m0/s1. The van der Waals surface area contributed by atoms with E-state index in [0.29, 0.717) is 10.9 Å². The Balaban J connectivity index is 1.88. The van der Waals surface area contributed by atoms with Gasteiger partial charge in [0.05, 0.1) is 7.11 Å². The highest BCUT2D eigenvalue weighted by Crippen LogP contribution is 2.35. The number of thioether (sulfide) groups is 1. The molecule has 3 aromatic rings. The van der Waals surface area contributed by atoms with Crippen molar-refractivity contribution in [3.05, 3.63) is 59.9 Å². The maximum atomic E-state index is 13.0. The Hall–Kier alpha value is -2.41. The van der Waals surface area contributed by atoms with Crippen LogP contribution in [-0.2, 0) is 0 Å². The van der Waals surface area contributed by atoms with Gasteiger partial charge < -0.3 is 4.74 Å². The summed E-state index contributed by atoms with van der Waals surface area (Å²) in [7, 11) is 1.61. The van der Waals surface area contributed by atoms with E-state index in [4.69, 9.17) is 4.74 Å². The number of para-hydroxylation sites is 2. The highest BCUT2D eigenvalue weighted by atomic mass is 32.2. The molecule has 7 heteroatoms. The predicted molar refractivity (Wildman–Crippen MR) is 86.4 cm³/mol. The summed E-state index contributed by atoms with van der Waals surface area (Å²) in [6.07, 6.45) is 0. The molecule has 3 rings (SSSR count). The van der Waals surface area contributed by atoms with Crippen LogP contribution in [0.2, 0.25) is 0 Å². The van der Waals surface area contributed by atoms with Crippen molar-refractivity contribution in [2.24, 2.45) is 0 Å². The van der Waals surface area contributed by atoms with Gasteiger partial charge in [0.25, 0.3) is 0 Å². The zero-order valence-electron chi connectivity index (χ0n) is 12.7. The van der Waals surface area contributed by atoms with E-state index in [1.54, 1.807) is 23.9 Å². The minimum absolute atomic E-state index is 0.0788. The van der Waals surface area contributed by atoms with Gasteiger partial charge in [-0.25, -0.2) is 4.39 Å². The summed E-state index contributed by atoms with van der Waals surface area (Å²) in [5.41, 5.74) is 1.78. The van der Waals surface area contributed by atoms with Crippen LogP contribution < -0.4 is 4.74 Å². The average molecular weight is 330 g/mol. The molecule has 1 atom stereocenters. The monoisotopic (exact) mass is 330 g/mol. The highest BCUT2D eigenvalue weighted by molar-refractivity contribution is 7.99. The minimum Gasteiger partial charge on any atom is -0.494 e. The Morgan fingerprint density at radius 2 is 1.87 bits per heavy atom. The smallest absolute Gasteiger partial charge is 0.214 e. The molecule has 0 spiro atoms. The molecule has 0 saturated heterocycles. The summed E-state index contributed by atoms with van der Waals surface area (Å²) >= 11 is 1.50. The van der Waals surface area contributed by atoms with Crippen molar-refractivity contribution in [3.8, 4) is 11.4 Å². The number of nitrogens with zero attached hydrogens (tertiary/aromatic N) is 4. The summed E-state index contributed by atoms with van der Waals surface area (Å²) in [5, 5.41) is 12.6. The maximum Gasteiger partial charge on any atom is 0.214 e. The molecule has 0 saturated carbocycles. The second-order valence-corrected chi connectivity index (χ2v) is 6.16. The minimum atomic E-state index is -0.246. The van der Waals surface area contributed by atoms with Crippen LogP contribution in [0, 0.1) is 5.82 Å². The van der Waals surface area contributed by atoms with E-state index in [0.717, 1.165) is 11.3 Å². The van der Waals surface area contributed by atoms with Gasteiger partial charge in [-0.2, -0.15) is 4.68 Å². The van der Waals surface area contributed by atoms with E-state index in [1.165, 1.54) is 23.9 Å². The Bertz CT molecular complexity index is 791. The van der Waals surface area contributed by atoms with Crippen LogP contribution in [0.15, 0.2) is 53.7 Å². The normalized spacial score (nSPS) is 12.1. The summed E-state index contributed by atoms with van der Waals surface area (Å²) < 4.78 is 20.0. The van der Waals surface area contributed by atoms with E-state index in [2.05, 4.69) is 15.5 Å². The topological polar surface area (TPSA) is 52.8 Å². The number of tetrazole rings is 1. The van der Waals surface area contributed by atoms with E-state index >= 15 is 0 Å². The molecule has 2 aromatic carbocycles. The number of rotatable bonds is 5. The number of methoxy groups -OCH3 is 1. The molecular formula is C16H15FN4OS. The quantitative estimate of drug-likeness (QED) is 0.668. The third-order valence-corrected chi connectivity index (χ3v) is 4.47. The first-order valence-corrected chi connectivity index (χ1v) is 7.91. The number of benzene rings is 2. The lowest BCUT2D eigenvalue weighted by atomic mass is 10.2.